The molecule has 0 saturated carbocycles. The van der Waals surface area contributed by atoms with Crippen LogP contribution < -0.4 is 10.5 Å². The predicted octanol–water partition coefficient (Wildman–Crippen LogP) is 3.04. The zero-order chi connectivity index (χ0) is 15.8. The van der Waals surface area contributed by atoms with Gasteiger partial charge in [-0.15, -0.1) is 0 Å². The first-order valence-electron chi connectivity index (χ1n) is 6.23. The topological polar surface area (TPSA) is 85.1 Å². The van der Waals surface area contributed by atoms with E-state index in [0.29, 0.717) is 11.1 Å². The number of nitrogens with zero attached hydrogens (tertiary/aromatic N) is 1. The van der Waals surface area contributed by atoms with Gasteiger partial charge in [-0.2, -0.15) is 0 Å². The second-order valence-electron chi connectivity index (χ2n) is 4.82. The fourth-order valence-corrected chi connectivity index (χ4v) is 3.88. The molecule has 0 unspecified atom stereocenters. The molecule has 2 aromatic rings. The van der Waals surface area contributed by atoms with E-state index in [2.05, 4.69) is 9.71 Å². The summed E-state index contributed by atoms with van der Waals surface area (Å²) in [5, 5.41) is 0.0995. The van der Waals surface area contributed by atoms with Gasteiger partial charge in [0, 0.05) is 6.20 Å². The lowest BCUT2D eigenvalue weighted by Gasteiger charge is -2.15. The van der Waals surface area contributed by atoms with E-state index in [1.807, 2.05) is 6.92 Å². The van der Waals surface area contributed by atoms with Gasteiger partial charge in [-0.25, -0.2) is 13.4 Å². The van der Waals surface area contributed by atoms with Crippen LogP contribution in [0.4, 0.5) is 11.4 Å². The molecule has 112 valence electrons. The molecule has 1 heterocycles. The molecule has 0 spiro atoms. The van der Waals surface area contributed by atoms with Crippen molar-refractivity contribution in [2.45, 2.75) is 25.7 Å². The molecule has 21 heavy (non-hydrogen) atoms. The fourth-order valence-electron chi connectivity index (χ4n) is 2.00. The first kappa shape index (κ1) is 15.6. The van der Waals surface area contributed by atoms with Crippen LogP contribution in [-0.4, -0.2) is 13.4 Å². The Morgan fingerprint density at radius 1 is 1.14 bits per heavy atom. The first-order valence-corrected chi connectivity index (χ1v) is 8.09. The minimum Gasteiger partial charge on any atom is -0.398 e. The average Bonchev–Trinajstić information content (AvgIpc) is 2.39. The Balaban J connectivity index is 2.57. The van der Waals surface area contributed by atoms with Crippen LogP contribution in [0.2, 0.25) is 5.15 Å². The van der Waals surface area contributed by atoms with Crippen molar-refractivity contribution in [3.8, 4) is 0 Å². The number of halogens is 1. The molecular formula is C14H16ClN3O2S. The number of pyridine rings is 1. The SMILES string of the molecule is Cc1ccc(N)c(S(=O)(=O)Nc2c(C)ccnc2Cl)c1C. The zero-order valence-electron chi connectivity index (χ0n) is 11.9. The zero-order valence-corrected chi connectivity index (χ0v) is 13.5. The summed E-state index contributed by atoms with van der Waals surface area (Å²) in [5.41, 5.74) is 8.44. The number of benzene rings is 1. The summed E-state index contributed by atoms with van der Waals surface area (Å²) in [6.07, 6.45) is 1.52. The summed E-state index contributed by atoms with van der Waals surface area (Å²) in [7, 11) is -3.84. The van der Waals surface area contributed by atoms with Crippen molar-refractivity contribution in [2.24, 2.45) is 0 Å². The van der Waals surface area contributed by atoms with Crippen molar-refractivity contribution >= 4 is 33.0 Å². The summed E-state index contributed by atoms with van der Waals surface area (Å²) in [4.78, 5) is 3.96. The maximum absolute atomic E-state index is 12.6. The molecule has 0 radical (unpaired) electrons. The largest absolute Gasteiger partial charge is 0.398 e. The molecule has 0 aliphatic rings. The number of aryl methyl sites for hydroxylation is 2. The lowest BCUT2D eigenvalue weighted by Crippen LogP contribution is -2.18. The number of hydrogen-bond donors (Lipinski definition) is 2. The Hall–Kier alpha value is -1.79. The van der Waals surface area contributed by atoms with E-state index in [1.54, 1.807) is 32.0 Å². The van der Waals surface area contributed by atoms with Gasteiger partial charge in [0.2, 0.25) is 0 Å². The molecule has 1 aromatic heterocycles. The van der Waals surface area contributed by atoms with E-state index in [9.17, 15) is 8.42 Å². The van der Waals surface area contributed by atoms with Crippen LogP contribution in [0.25, 0.3) is 0 Å². The van der Waals surface area contributed by atoms with E-state index in [-0.39, 0.29) is 21.4 Å². The quantitative estimate of drug-likeness (QED) is 0.671. The molecule has 0 aliphatic heterocycles. The molecule has 1 aromatic carbocycles. The summed E-state index contributed by atoms with van der Waals surface area (Å²) in [6, 6.07) is 5.04. The Kier molecular flexibility index (Phi) is 4.11. The molecule has 0 aliphatic carbocycles. The van der Waals surface area contributed by atoms with Gasteiger partial charge in [0.15, 0.2) is 5.15 Å². The van der Waals surface area contributed by atoms with Gasteiger partial charge >= 0.3 is 0 Å². The molecule has 2 rings (SSSR count). The van der Waals surface area contributed by atoms with Crippen molar-refractivity contribution in [1.29, 1.82) is 0 Å². The number of hydrogen-bond acceptors (Lipinski definition) is 4. The molecule has 0 fully saturated rings. The van der Waals surface area contributed by atoms with Crippen LogP contribution in [0.5, 0.6) is 0 Å². The molecule has 3 N–H and O–H groups in total. The van der Waals surface area contributed by atoms with Crippen LogP contribution in [0, 0.1) is 20.8 Å². The molecule has 5 nitrogen and oxygen atoms in total. The predicted molar refractivity (Wildman–Crippen MR) is 85.1 cm³/mol. The summed E-state index contributed by atoms with van der Waals surface area (Å²) in [5.74, 6) is 0. The third-order valence-electron chi connectivity index (χ3n) is 3.33. The summed E-state index contributed by atoms with van der Waals surface area (Å²) < 4.78 is 27.7. The number of rotatable bonds is 3. The monoisotopic (exact) mass is 325 g/mol. The second-order valence-corrected chi connectivity index (χ2v) is 6.80. The van der Waals surface area contributed by atoms with E-state index < -0.39 is 10.0 Å². The minimum atomic E-state index is -3.84. The van der Waals surface area contributed by atoms with E-state index in [0.717, 1.165) is 5.56 Å². The molecule has 7 heteroatoms. The van der Waals surface area contributed by atoms with Gasteiger partial charge in [-0.05, 0) is 49.6 Å². The Bertz CT molecular complexity index is 784. The van der Waals surface area contributed by atoms with Gasteiger partial charge in [0.05, 0.1) is 11.4 Å². The first-order chi connectivity index (χ1) is 9.74. The number of nitrogens with two attached hydrogens (primary N) is 1. The molecule has 0 saturated heterocycles. The van der Waals surface area contributed by atoms with Gasteiger partial charge < -0.3 is 5.73 Å². The van der Waals surface area contributed by atoms with Gasteiger partial charge in [0.25, 0.3) is 10.0 Å². The normalized spacial score (nSPS) is 11.4. The Labute approximate surface area is 129 Å². The van der Waals surface area contributed by atoms with Crippen molar-refractivity contribution < 1.29 is 8.42 Å². The van der Waals surface area contributed by atoms with Crippen LogP contribution >= 0.6 is 11.6 Å². The second kappa shape index (κ2) is 5.54. The van der Waals surface area contributed by atoms with Crippen LogP contribution in [0.1, 0.15) is 16.7 Å². The van der Waals surface area contributed by atoms with Crippen LogP contribution in [0.15, 0.2) is 29.3 Å². The Morgan fingerprint density at radius 3 is 2.43 bits per heavy atom. The number of aromatic nitrogens is 1. The van der Waals surface area contributed by atoms with Crippen molar-refractivity contribution in [1.82, 2.24) is 4.98 Å². The van der Waals surface area contributed by atoms with E-state index in [1.165, 1.54) is 6.20 Å². The van der Waals surface area contributed by atoms with Gasteiger partial charge in [0.1, 0.15) is 4.90 Å². The van der Waals surface area contributed by atoms with Crippen molar-refractivity contribution in [3.05, 3.63) is 46.2 Å². The van der Waals surface area contributed by atoms with E-state index in [4.69, 9.17) is 17.3 Å². The molecule has 0 amide bonds. The van der Waals surface area contributed by atoms with Crippen molar-refractivity contribution in [3.63, 3.8) is 0 Å². The van der Waals surface area contributed by atoms with Crippen LogP contribution in [-0.2, 0) is 10.0 Å². The highest BCUT2D eigenvalue weighted by molar-refractivity contribution is 7.93. The summed E-state index contributed by atoms with van der Waals surface area (Å²) in [6.45, 7) is 5.30. The smallest absolute Gasteiger partial charge is 0.264 e. The lowest BCUT2D eigenvalue weighted by atomic mass is 10.1. The maximum atomic E-state index is 12.6. The van der Waals surface area contributed by atoms with Crippen molar-refractivity contribution in [2.75, 3.05) is 10.5 Å². The third kappa shape index (κ3) is 2.96. The highest BCUT2D eigenvalue weighted by Crippen LogP contribution is 2.30. The van der Waals surface area contributed by atoms with Gasteiger partial charge in [-0.1, -0.05) is 17.7 Å². The maximum Gasteiger partial charge on any atom is 0.264 e. The highest BCUT2D eigenvalue weighted by atomic mass is 35.5. The fraction of sp³-hybridized carbons (Fsp3) is 0.214. The average molecular weight is 326 g/mol. The number of anilines is 2. The number of nitrogen functional groups attached to an aromatic ring is 1. The minimum absolute atomic E-state index is 0.0711. The Morgan fingerprint density at radius 2 is 1.81 bits per heavy atom. The molecule has 0 bridgehead atoms. The standard InChI is InChI=1S/C14H16ClN3O2S/c1-8-4-5-11(16)13(10(8)3)21(19,20)18-12-9(2)6-7-17-14(12)15/h4-7,18H,16H2,1-3H3. The van der Waals surface area contributed by atoms with Crippen LogP contribution in [0.3, 0.4) is 0 Å². The van der Waals surface area contributed by atoms with E-state index >= 15 is 0 Å². The third-order valence-corrected chi connectivity index (χ3v) is 5.16. The highest BCUT2D eigenvalue weighted by Gasteiger charge is 2.23. The molecule has 0 atom stereocenters. The molecular weight excluding hydrogens is 310 g/mol. The number of nitrogens with one attached hydrogen (secondary N) is 1. The summed E-state index contributed by atoms with van der Waals surface area (Å²) >= 11 is 5.96. The lowest BCUT2D eigenvalue weighted by molar-refractivity contribution is 0.601. The number of sulfonamides is 1. The van der Waals surface area contributed by atoms with Gasteiger partial charge in [-0.3, -0.25) is 4.72 Å².